The van der Waals surface area contributed by atoms with Crippen LogP contribution in [0.5, 0.6) is 0 Å². The highest BCUT2D eigenvalue weighted by atomic mass is 16.3. The Bertz CT molecular complexity index is 251. The van der Waals surface area contributed by atoms with Crippen LogP contribution in [0, 0.1) is 17.3 Å². The highest BCUT2D eigenvalue weighted by Crippen LogP contribution is 2.39. The molecule has 3 unspecified atom stereocenters. The Hall–Kier alpha value is -0.0800. The van der Waals surface area contributed by atoms with Crippen molar-refractivity contribution in [3.63, 3.8) is 0 Å². The van der Waals surface area contributed by atoms with E-state index >= 15 is 0 Å². The van der Waals surface area contributed by atoms with Crippen molar-refractivity contribution in [3.05, 3.63) is 0 Å². The highest BCUT2D eigenvalue weighted by molar-refractivity contribution is 4.90. The van der Waals surface area contributed by atoms with Gasteiger partial charge < -0.3 is 10.0 Å². The monoisotopic (exact) mass is 239 g/mol. The second kappa shape index (κ2) is 5.27. The molecule has 1 heterocycles. The fraction of sp³-hybridized carbons (Fsp3) is 1.00. The minimum atomic E-state index is -0.100. The van der Waals surface area contributed by atoms with Crippen LogP contribution in [0.25, 0.3) is 0 Å². The Morgan fingerprint density at radius 1 is 1.29 bits per heavy atom. The molecule has 0 aromatic rings. The third-order valence-corrected chi connectivity index (χ3v) is 5.08. The minimum Gasteiger partial charge on any atom is -0.392 e. The lowest BCUT2D eigenvalue weighted by atomic mass is 9.69. The van der Waals surface area contributed by atoms with Crippen LogP contribution in [0.15, 0.2) is 0 Å². The van der Waals surface area contributed by atoms with Gasteiger partial charge in [0.25, 0.3) is 0 Å². The van der Waals surface area contributed by atoms with Gasteiger partial charge in [-0.05, 0) is 43.1 Å². The average Bonchev–Trinajstić information content (AvgIpc) is 2.72. The molecule has 2 rings (SSSR count). The lowest BCUT2D eigenvalue weighted by Crippen LogP contribution is -2.44. The summed E-state index contributed by atoms with van der Waals surface area (Å²) >= 11 is 0. The molecule has 3 atom stereocenters. The van der Waals surface area contributed by atoms with Crippen molar-refractivity contribution in [2.75, 3.05) is 19.6 Å². The van der Waals surface area contributed by atoms with Gasteiger partial charge in [0, 0.05) is 13.1 Å². The molecule has 0 aromatic heterocycles. The van der Waals surface area contributed by atoms with Crippen LogP contribution in [-0.4, -0.2) is 35.7 Å². The molecule has 1 saturated heterocycles. The zero-order valence-electron chi connectivity index (χ0n) is 11.8. The number of hydrogen-bond donors (Lipinski definition) is 1. The van der Waals surface area contributed by atoms with E-state index in [1.807, 2.05) is 0 Å². The lowest BCUT2D eigenvalue weighted by molar-refractivity contribution is -0.0413. The van der Waals surface area contributed by atoms with Crippen molar-refractivity contribution < 1.29 is 5.11 Å². The Kier molecular flexibility index (Phi) is 4.14. The first kappa shape index (κ1) is 13.4. The summed E-state index contributed by atoms with van der Waals surface area (Å²) in [5.41, 5.74) is 0.132. The van der Waals surface area contributed by atoms with Crippen molar-refractivity contribution >= 4 is 0 Å². The zero-order valence-corrected chi connectivity index (χ0v) is 11.8. The molecular weight excluding hydrogens is 210 g/mol. The Labute approximate surface area is 106 Å². The second-order valence-corrected chi connectivity index (χ2v) is 6.91. The van der Waals surface area contributed by atoms with E-state index in [1.54, 1.807) is 0 Å². The number of hydrogen-bond acceptors (Lipinski definition) is 2. The van der Waals surface area contributed by atoms with E-state index in [9.17, 15) is 5.11 Å². The quantitative estimate of drug-likeness (QED) is 0.818. The molecule has 0 bridgehead atoms. The third kappa shape index (κ3) is 3.03. The highest BCUT2D eigenvalue weighted by Gasteiger charge is 2.38. The maximum Gasteiger partial charge on any atom is 0.0631 e. The minimum absolute atomic E-state index is 0.100. The molecular formula is C15H29NO. The molecule has 2 heteroatoms. The van der Waals surface area contributed by atoms with Gasteiger partial charge in [-0.3, -0.25) is 0 Å². The first-order valence-electron chi connectivity index (χ1n) is 7.43. The van der Waals surface area contributed by atoms with Gasteiger partial charge in [-0.2, -0.15) is 0 Å². The summed E-state index contributed by atoms with van der Waals surface area (Å²) in [4.78, 5) is 2.59. The number of rotatable bonds is 3. The number of nitrogens with zero attached hydrogens (tertiary/aromatic N) is 1. The van der Waals surface area contributed by atoms with Crippen LogP contribution in [-0.2, 0) is 0 Å². The van der Waals surface area contributed by atoms with Crippen LogP contribution >= 0.6 is 0 Å². The standard InChI is InChI=1S/C15H29NO/c1-4-12-7-9-16(10-12)11-13-6-5-8-15(2,3)14(13)17/h12-14,17H,4-11H2,1-3H3. The molecule has 0 spiro atoms. The summed E-state index contributed by atoms with van der Waals surface area (Å²) in [6.45, 7) is 10.4. The summed E-state index contributed by atoms with van der Waals surface area (Å²) in [5, 5.41) is 10.5. The summed E-state index contributed by atoms with van der Waals surface area (Å²) < 4.78 is 0. The van der Waals surface area contributed by atoms with Crippen LogP contribution in [0.2, 0.25) is 0 Å². The Balaban J connectivity index is 1.86. The largest absolute Gasteiger partial charge is 0.392 e. The molecule has 1 N–H and O–H groups in total. The van der Waals surface area contributed by atoms with Gasteiger partial charge in [-0.25, -0.2) is 0 Å². The number of aliphatic hydroxyl groups is 1. The smallest absolute Gasteiger partial charge is 0.0631 e. The fourth-order valence-electron chi connectivity index (χ4n) is 3.70. The Morgan fingerprint density at radius 3 is 2.71 bits per heavy atom. The zero-order chi connectivity index (χ0) is 12.5. The maximum atomic E-state index is 10.5. The van der Waals surface area contributed by atoms with Gasteiger partial charge in [0.05, 0.1) is 6.10 Å². The second-order valence-electron chi connectivity index (χ2n) is 6.91. The van der Waals surface area contributed by atoms with Gasteiger partial charge in [0.15, 0.2) is 0 Å². The molecule has 100 valence electrons. The van der Waals surface area contributed by atoms with Crippen LogP contribution in [0.1, 0.15) is 52.9 Å². The molecule has 0 radical (unpaired) electrons. The molecule has 0 aromatic carbocycles. The van der Waals surface area contributed by atoms with Crippen LogP contribution in [0.3, 0.4) is 0 Å². The summed E-state index contributed by atoms with van der Waals surface area (Å²) in [7, 11) is 0. The third-order valence-electron chi connectivity index (χ3n) is 5.08. The van der Waals surface area contributed by atoms with E-state index in [0.717, 1.165) is 12.5 Å². The van der Waals surface area contributed by atoms with Gasteiger partial charge in [-0.1, -0.05) is 33.6 Å². The molecule has 17 heavy (non-hydrogen) atoms. The lowest BCUT2D eigenvalue weighted by Gasteiger charge is -2.42. The van der Waals surface area contributed by atoms with E-state index in [1.165, 1.54) is 45.2 Å². The topological polar surface area (TPSA) is 23.5 Å². The summed E-state index contributed by atoms with van der Waals surface area (Å²) in [5.74, 6) is 1.41. The van der Waals surface area contributed by atoms with Crippen molar-refractivity contribution in [1.29, 1.82) is 0 Å². The molecule has 1 aliphatic carbocycles. The number of aliphatic hydroxyl groups excluding tert-OH is 1. The van der Waals surface area contributed by atoms with E-state index in [-0.39, 0.29) is 11.5 Å². The molecule has 1 saturated carbocycles. The van der Waals surface area contributed by atoms with Gasteiger partial charge in [0.2, 0.25) is 0 Å². The molecule has 2 nitrogen and oxygen atoms in total. The van der Waals surface area contributed by atoms with Gasteiger partial charge in [-0.15, -0.1) is 0 Å². The Morgan fingerprint density at radius 2 is 2.06 bits per heavy atom. The predicted molar refractivity (Wildman–Crippen MR) is 72.0 cm³/mol. The van der Waals surface area contributed by atoms with Gasteiger partial charge >= 0.3 is 0 Å². The molecule has 2 aliphatic rings. The first-order chi connectivity index (χ1) is 8.03. The normalized spacial score (nSPS) is 38.5. The predicted octanol–water partition coefficient (Wildman–Crippen LogP) is 2.91. The van der Waals surface area contributed by atoms with E-state index in [4.69, 9.17) is 0 Å². The fourth-order valence-corrected chi connectivity index (χ4v) is 3.70. The van der Waals surface area contributed by atoms with Crippen molar-refractivity contribution in [3.8, 4) is 0 Å². The van der Waals surface area contributed by atoms with Crippen molar-refractivity contribution in [2.45, 2.75) is 59.0 Å². The van der Waals surface area contributed by atoms with Crippen LogP contribution in [0.4, 0.5) is 0 Å². The van der Waals surface area contributed by atoms with Crippen LogP contribution < -0.4 is 0 Å². The summed E-state index contributed by atoms with van der Waals surface area (Å²) in [6, 6.07) is 0. The first-order valence-corrected chi connectivity index (χ1v) is 7.43. The number of likely N-dealkylation sites (tertiary alicyclic amines) is 1. The SMILES string of the molecule is CCC1CCN(CC2CCCC(C)(C)C2O)C1. The summed E-state index contributed by atoms with van der Waals surface area (Å²) in [6.07, 6.45) is 6.27. The molecule has 0 amide bonds. The van der Waals surface area contributed by atoms with E-state index in [0.29, 0.717) is 5.92 Å². The molecule has 2 fully saturated rings. The average molecular weight is 239 g/mol. The molecule has 1 aliphatic heterocycles. The van der Waals surface area contributed by atoms with E-state index < -0.39 is 0 Å². The van der Waals surface area contributed by atoms with Crippen molar-refractivity contribution in [2.24, 2.45) is 17.3 Å². The van der Waals surface area contributed by atoms with E-state index in [2.05, 4.69) is 25.7 Å². The van der Waals surface area contributed by atoms with Crippen molar-refractivity contribution in [1.82, 2.24) is 4.90 Å². The maximum absolute atomic E-state index is 10.5. The van der Waals surface area contributed by atoms with Gasteiger partial charge in [0.1, 0.15) is 0 Å².